The monoisotopic (exact) mass is 504 g/mol. The van der Waals surface area contributed by atoms with E-state index in [0.717, 1.165) is 0 Å². The van der Waals surface area contributed by atoms with Gasteiger partial charge in [0.1, 0.15) is 6.04 Å². The Morgan fingerprint density at radius 2 is 1.82 bits per heavy atom. The molecule has 28 heavy (non-hydrogen) atoms. The highest BCUT2D eigenvalue weighted by molar-refractivity contribution is 14.1. The van der Waals surface area contributed by atoms with Gasteiger partial charge in [-0.15, -0.1) is 0 Å². The summed E-state index contributed by atoms with van der Waals surface area (Å²) in [6, 6.07) is 4.76. The standard InChI is InChI=1S/C19H25IN2O6/c1-11(2)7-14(16(25)19(9-24)10-28-19)21-18(27)15(8-23)22-17(26)12-5-3-4-6-13(12)20/h3-6,11,14-15,23-24H,7-10H2,1-2H3,(H,21,27)(H,22,26)/t14?,15-,19?/m0/s1. The van der Waals surface area contributed by atoms with E-state index in [1.165, 1.54) is 0 Å². The molecule has 154 valence electrons. The van der Waals surface area contributed by atoms with Crippen molar-refractivity contribution in [3.05, 3.63) is 33.4 Å². The number of aliphatic hydroxyl groups excluding tert-OH is 2. The minimum atomic E-state index is -1.26. The van der Waals surface area contributed by atoms with Crippen molar-refractivity contribution in [1.29, 1.82) is 0 Å². The Kier molecular flexibility index (Phi) is 7.93. The van der Waals surface area contributed by atoms with Crippen LogP contribution in [0.15, 0.2) is 24.3 Å². The normalized spacial score (nSPS) is 20.4. The van der Waals surface area contributed by atoms with Crippen LogP contribution in [-0.2, 0) is 14.3 Å². The van der Waals surface area contributed by atoms with Gasteiger partial charge in [-0.25, -0.2) is 0 Å². The number of carbonyl (C=O) groups is 3. The highest BCUT2D eigenvalue weighted by Crippen LogP contribution is 2.30. The molecule has 1 fully saturated rings. The summed E-state index contributed by atoms with van der Waals surface area (Å²) < 4.78 is 5.81. The van der Waals surface area contributed by atoms with Crippen molar-refractivity contribution >= 4 is 40.2 Å². The predicted molar refractivity (Wildman–Crippen MR) is 110 cm³/mol. The molecule has 2 rings (SSSR count). The molecule has 1 saturated heterocycles. The Bertz CT molecular complexity index is 735. The fourth-order valence-corrected chi connectivity index (χ4v) is 3.40. The first-order valence-corrected chi connectivity index (χ1v) is 10.1. The van der Waals surface area contributed by atoms with Gasteiger partial charge in [-0.05, 0) is 47.1 Å². The van der Waals surface area contributed by atoms with Crippen LogP contribution in [0, 0.1) is 9.49 Å². The van der Waals surface area contributed by atoms with Crippen molar-refractivity contribution in [1.82, 2.24) is 10.6 Å². The summed E-state index contributed by atoms with van der Waals surface area (Å²) >= 11 is 2.01. The number of nitrogens with one attached hydrogen (secondary N) is 2. The number of amides is 2. The van der Waals surface area contributed by atoms with Crippen LogP contribution in [0.2, 0.25) is 0 Å². The third-order valence-electron chi connectivity index (χ3n) is 4.46. The number of hydrogen-bond donors (Lipinski definition) is 4. The summed E-state index contributed by atoms with van der Waals surface area (Å²) in [4.78, 5) is 37.7. The number of ketones is 1. The Hall–Kier alpha value is -1.56. The lowest BCUT2D eigenvalue weighted by Crippen LogP contribution is -2.55. The van der Waals surface area contributed by atoms with Gasteiger partial charge in [0.25, 0.3) is 5.91 Å². The summed E-state index contributed by atoms with van der Waals surface area (Å²) in [5.74, 6) is -1.48. The molecule has 1 aliphatic rings. The van der Waals surface area contributed by atoms with Crippen LogP contribution in [0.1, 0.15) is 30.6 Å². The highest BCUT2D eigenvalue weighted by Gasteiger charge is 2.54. The van der Waals surface area contributed by atoms with E-state index in [4.69, 9.17) is 4.74 Å². The smallest absolute Gasteiger partial charge is 0.253 e. The zero-order valence-electron chi connectivity index (χ0n) is 15.8. The van der Waals surface area contributed by atoms with Gasteiger partial charge in [0, 0.05) is 3.57 Å². The number of halogens is 1. The summed E-state index contributed by atoms with van der Waals surface area (Å²) in [5.41, 5.74) is -0.875. The van der Waals surface area contributed by atoms with Crippen molar-refractivity contribution in [3.63, 3.8) is 0 Å². The van der Waals surface area contributed by atoms with Crippen molar-refractivity contribution in [3.8, 4) is 0 Å². The van der Waals surface area contributed by atoms with Gasteiger partial charge in [0.2, 0.25) is 5.91 Å². The van der Waals surface area contributed by atoms with Crippen molar-refractivity contribution in [2.45, 2.75) is 38.0 Å². The van der Waals surface area contributed by atoms with E-state index in [-0.39, 0.29) is 12.5 Å². The quantitative estimate of drug-likeness (QED) is 0.267. The minimum Gasteiger partial charge on any atom is -0.394 e. The van der Waals surface area contributed by atoms with Gasteiger partial charge < -0.3 is 25.6 Å². The topological polar surface area (TPSA) is 128 Å². The van der Waals surface area contributed by atoms with Crippen LogP contribution in [-0.4, -0.2) is 65.3 Å². The third kappa shape index (κ3) is 5.49. The van der Waals surface area contributed by atoms with E-state index >= 15 is 0 Å². The number of epoxide rings is 1. The number of carbonyl (C=O) groups excluding carboxylic acids is 3. The van der Waals surface area contributed by atoms with E-state index in [1.807, 2.05) is 36.4 Å². The molecule has 1 aromatic rings. The fraction of sp³-hybridized carbons (Fsp3) is 0.526. The molecule has 1 heterocycles. The first kappa shape index (κ1) is 22.7. The molecule has 0 spiro atoms. The molecule has 1 aliphatic heterocycles. The molecule has 0 aromatic heterocycles. The number of aliphatic hydroxyl groups is 2. The molecule has 0 saturated carbocycles. The maximum atomic E-state index is 12.7. The second-order valence-electron chi connectivity index (χ2n) is 7.18. The van der Waals surface area contributed by atoms with Crippen LogP contribution in [0.25, 0.3) is 0 Å². The van der Waals surface area contributed by atoms with Crippen LogP contribution >= 0.6 is 22.6 Å². The summed E-state index contributed by atoms with van der Waals surface area (Å²) in [7, 11) is 0. The van der Waals surface area contributed by atoms with Crippen molar-refractivity contribution < 1.29 is 29.3 Å². The Balaban J connectivity index is 2.08. The van der Waals surface area contributed by atoms with Gasteiger partial charge in [-0.1, -0.05) is 26.0 Å². The van der Waals surface area contributed by atoms with E-state index in [1.54, 1.807) is 24.3 Å². The van der Waals surface area contributed by atoms with E-state index in [0.29, 0.717) is 15.6 Å². The number of ether oxygens (including phenoxy) is 1. The van der Waals surface area contributed by atoms with Gasteiger partial charge >= 0.3 is 0 Å². The molecule has 9 heteroatoms. The molecule has 2 unspecified atom stereocenters. The second kappa shape index (κ2) is 9.77. The van der Waals surface area contributed by atoms with Crippen molar-refractivity contribution in [2.24, 2.45) is 5.92 Å². The van der Waals surface area contributed by atoms with Crippen LogP contribution in [0.5, 0.6) is 0 Å². The summed E-state index contributed by atoms with van der Waals surface area (Å²) in [5, 5.41) is 24.1. The van der Waals surface area contributed by atoms with Crippen molar-refractivity contribution in [2.75, 3.05) is 19.8 Å². The molecule has 0 bridgehead atoms. The van der Waals surface area contributed by atoms with E-state index in [9.17, 15) is 24.6 Å². The lowest BCUT2D eigenvalue weighted by molar-refractivity contribution is -0.133. The zero-order valence-corrected chi connectivity index (χ0v) is 17.9. The molecule has 2 amide bonds. The van der Waals surface area contributed by atoms with Gasteiger partial charge in [-0.3, -0.25) is 14.4 Å². The minimum absolute atomic E-state index is 0.0943. The Morgan fingerprint density at radius 1 is 1.18 bits per heavy atom. The third-order valence-corrected chi connectivity index (χ3v) is 5.40. The zero-order chi connectivity index (χ0) is 20.9. The van der Waals surface area contributed by atoms with Gasteiger partial charge in [-0.2, -0.15) is 0 Å². The van der Waals surface area contributed by atoms with Crippen LogP contribution in [0.4, 0.5) is 0 Å². The largest absolute Gasteiger partial charge is 0.394 e. The Morgan fingerprint density at radius 3 is 2.32 bits per heavy atom. The molecule has 4 N–H and O–H groups in total. The maximum Gasteiger partial charge on any atom is 0.253 e. The summed E-state index contributed by atoms with van der Waals surface area (Å²) in [6.07, 6.45) is 0.346. The van der Waals surface area contributed by atoms with Crippen LogP contribution in [0.3, 0.4) is 0 Å². The number of rotatable bonds is 10. The highest BCUT2D eigenvalue weighted by atomic mass is 127. The van der Waals surface area contributed by atoms with E-state index in [2.05, 4.69) is 10.6 Å². The molecular formula is C19H25IN2O6. The average Bonchev–Trinajstić information content (AvgIpc) is 3.46. The van der Waals surface area contributed by atoms with Crippen LogP contribution < -0.4 is 10.6 Å². The predicted octanol–water partition coefficient (Wildman–Crippen LogP) is 0.243. The number of benzene rings is 1. The lowest BCUT2D eigenvalue weighted by Gasteiger charge is -2.24. The number of Topliss-reactive ketones (excluding diaryl/α,β-unsaturated/α-hetero) is 1. The SMILES string of the molecule is CC(C)CC(NC(=O)[C@H](CO)NC(=O)c1ccccc1I)C(=O)C1(CO)CO1. The summed E-state index contributed by atoms with van der Waals surface area (Å²) in [6.45, 7) is 2.83. The van der Waals surface area contributed by atoms with E-state index < -0.39 is 48.5 Å². The van der Waals surface area contributed by atoms with Gasteiger partial charge in [0.15, 0.2) is 11.4 Å². The molecular weight excluding hydrogens is 479 g/mol. The number of hydrogen-bond acceptors (Lipinski definition) is 6. The fourth-order valence-electron chi connectivity index (χ4n) is 2.77. The Labute approximate surface area is 177 Å². The molecule has 0 aliphatic carbocycles. The maximum absolute atomic E-state index is 12.7. The molecule has 0 radical (unpaired) electrons. The van der Waals surface area contributed by atoms with Gasteiger partial charge in [0.05, 0.1) is 31.4 Å². The molecule has 8 nitrogen and oxygen atoms in total. The molecule has 1 aromatic carbocycles. The lowest BCUT2D eigenvalue weighted by atomic mass is 9.92. The second-order valence-corrected chi connectivity index (χ2v) is 8.35. The first-order valence-electron chi connectivity index (χ1n) is 9.00. The molecule has 3 atom stereocenters. The average molecular weight is 504 g/mol. The first-order chi connectivity index (χ1) is 13.2.